The number of aromatic nitrogens is 1. The summed E-state index contributed by atoms with van der Waals surface area (Å²) in [6, 6.07) is 1.92. The molecular weight excluding hydrogens is 180 g/mol. The van der Waals surface area contributed by atoms with Gasteiger partial charge in [-0.05, 0) is 37.9 Å². The lowest BCUT2D eigenvalue weighted by molar-refractivity contribution is 0.0685. The fourth-order valence-electron chi connectivity index (χ4n) is 1.66. The van der Waals surface area contributed by atoms with E-state index in [4.69, 9.17) is 10.8 Å². The van der Waals surface area contributed by atoms with Crippen LogP contribution in [0.3, 0.4) is 0 Å². The molecule has 78 valence electrons. The van der Waals surface area contributed by atoms with E-state index in [1.165, 1.54) is 0 Å². The second-order valence-corrected chi connectivity index (χ2v) is 3.42. The van der Waals surface area contributed by atoms with Gasteiger partial charge in [0.05, 0.1) is 0 Å². The first-order valence-electron chi connectivity index (χ1n) is 4.66. The fourth-order valence-corrected chi connectivity index (χ4v) is 1.66. The normalized spacial score (nSPS) is 10.5. The van der Waals surface area contributed by atoms with Crippen LogP contribution in [0.25, 0.3) is 0 Å². The summed E-state index contributed by atoms with van der Waals surface area (Å²) in [5, 5.41) is 8.94. The Labute approximate surface area is 83.3 Å². The summed E-state index contributed by atoms with van der Waals surface area (Å²) in [7, 11) is 1.78. The maximum atomic E-state index is 10.9. The molecule has 3 N–H and O–H groups in total. The fraction of sp³-hybridized carbons (Fsp3) is 0.500. The van der Waals surface area contributed by atoms with Gasteiger partial charge in [0, 0.05) is 12.7 Å². The van der Waals surface area contributed by atoms with Gasteiger partial charge in [-0.15, -0.1) is 0 Å². The highest BCUT2D eigenvalue weighted by atomic mass is 16.4. The molecule has 0 saturated heterocycles. The monoisotopic (exact) mass is 196 g/mol. The van der Waals surface area contributed by atoms with Gasteiger partial charge in [0.25, 0.3) is 0 Å². The van der Waals surface area contributed by atoms with Crippen molar-refractivity contribution in [1.82, 2.24) is 4.57 Å². The quantitative estimate of drug-likeness (QED) is 0.752. The molecule has 4 nitrogen and oxygen atoms in total. The molecule has 1 rings (SSSR count). The summed E-state index contributed by atoms with van der Waals surface area (Å²) in [5.41, 5.74) is 7.62. The minimum Gasteiger partial charge on any atom is -0.477 e. The van der Waals surface area contributed by atoms with E-state index in [9.17, 15) is 4.79 Å². The second kappa shape index (κ2) is 4.28. The largest absolute Gasteiger partial charge is 0.477 e. The van der Waals surface area contributed by atoms with Crippen molar-refractivity contribution in [3.05, 3.63) is 23.0 Å². The Balaban J connectivity index is 2.98. The van der Waals surface area contributed by atoms with Crippen LogP contribution in [-0.2, 0) is 13.5 Å². The van der Waals surface area contributed by atoms with Crippen LogP contribution >= 0.6 is 0 Å². The number of nitrogens with zero attached hydrogens (tertiary/aromatic N) is 1. The number of aromatic carboxylic acids is 1. The Kier molecular flexibility index (Phi) is 3.30. The minimum atomic E-state index is -0.871. The molecule has 0 aliphatic heterocycles. The van der Waals surface area contributed by atoms with E-state index in [0.717, 1.165) is 24.1 Å². The molecule has 0 spiro atoms. The van der Waals surface area contributed by atoms with E-state index in [1.807, 2.05) is 13.0 Å². The molecule has 1 aromatic heterocycles. The minimum absolute atomic E-state index is 0.372. The van der Waals surface area contributed by atoms with Gasteiger partial charge in [0.15, 0.2) is 0 Å². The molecule has 0 amide bonds. The van der Waals surface area contributed by atoms with Crippen LogP contribution in [-0.4, -0.2) is 22.2 Å². The Morgan fingerprint density at radius 1 is 1.64 bits per heavy atom. The average molecular weight is 196 g/mol. The van der Waals surface area contributed by atoms with Crippen LogP contribution in [0.2, 0.25) is 0 Å². The van der Waals surface area contributed by atoms with Crippen LogP contribution in [0.4, 0.5) is 0 Å². The zero-order chi connectivity index (χ0) is 10.7. The predicted molar refractivity (Wildman–Crippen MR) is 54.5 cm³/mol. The van der Waals surface area contributed by atoms with Gasteiger partial charge in [0.1, 0.15) is 5.69 Å². The zero-order valence-corrected chi connectivity index (χ0v) is 8.58. The van der Waals surface area contributed by atoms with E-state index in [0.29, 0.717) is 12.2 Å². The molecule has 4 heteroatoms. The maximum Gasteiger partial charge on any atom is 0.352 e. The SMILES string of the molecule is Cc1cc(CCCN)n(C)c1C(=O)O. The molecule has 0 aromatic carbocycles. The standard InChI is InChI=1S/C10H16N2O2/c1-7-6-8(4-3-5-11)12(2)9(7)10(13)14/h6H,3-5,11H2,1-2H3,(H,13,14). The summed E-state index contributed by atoms with van der Waals surface area (Å²) in [4.78, 5) is 10.9. The molecular formula is C10H16N2O2. The van der Waals surface area contributed by atoms with Gasteiger partial charge in [-0.25, -0.2) is 4.79 Å². The molecule has 1 heterocycles. The molecule has 0 bridgehead atoms. The lowest BCUT2D eigenvalue weighted by Crippen LogP contribution is -2.09. The second-order valence-electron chi connectivity index (χ2n) is 3.42. The van der Waals surface area contributed by atoms with Crippen molar-refractivity contribution >= 4 is 5.97 Å². The molecule has 0 saturated carbocycles. The number of carboxylic acid groups (broad SMARTS) is 1. The molecule has 0 aliphatic carbocycles. The van der Waals surface area contributed by atoms with Crippen molar-refractivity contribution in [3.8, 4) is 0 Å². The van der Waals surface area contributed by atoms with Gasteiger partial charge in [-0.2, -0.15) is 0 Å². The molecule has 1 aromatic rings. The Morgan fingerprint density at radius 3 is 2.71 bits per heavy atom. The predicted octanol–water partition coefficient (Wildman–Crippen LogP) is 0.923. The summed E-state index contributed by atoms with van der Waals surface area (Å²) in [6.45, 7) is 2.45. The van der Waals surface area contributed by atoms with Crippen LogP contribution < -0.4 is 5.73 Å². The number of aryl methyl sites for hydroxylation is 2. The molecule has 0 atom stereocenters. The maximum absolute atomic E-state index is 10.9. The molecule has 0 aliphatic rings. The third-order valence-electron chi connectivity index (χ3n) is 2.36. The van der Waals surface area contributed by atoms with Crippen LogP contribution in [0.5, 0.6) is 0 Å². The van der Waals surface area contributed by atoms with E-state index in [2.05, 4.69) is 0 Å². The number of nitrogens with two attached hydrogens (primary N) is 1. The number of hydrogen-bond donors (Lipinski definition) is 2. The highest BCUT2D eigenvalue weighted by Gasteiger charge is 2.14. The highest BCUT2D eigenvalue weighted by molar-refractivity contribution is 5.87. The number of carboxylic acids is 1. The van der Waals surface area contributed by atoms with Gasteiger partial charge in [-0.3, -0.25) is 0 Å². The summed E-state index contributed by atoms with van der Waals surface area (Å²) >= 11 is 0. The van der Waals surface area contributed by atoms with E-state index in [-0.39, 0.29) is 0 Å². The molecule has 0 radical (unpaired) electrons. The van der Waals surface area contributed by atoms with Gasteiger partial charge in [-0.1, -0.05) is 0 Å². The van der Waals surface area contributed by atoms with Crippen molar-refractivity contribution < 1.29 is 9.90 Å². The van der Waals surface area contributed by atoms with E-state index in [1.54, 1.807) is 11.6 Å². The van der Waals surface area contributed by atoms with Crippen molar-refractivity contribution in [2.75, 3.05) is 6.54 Å². The van der Waals surface area contributed by atoms with Gasteiger partial charge in [0.2, 0.25) is 0 Å². The highest BCUT2D eigenvalue weighted by Crippen LogP contribution is 2.15. The number of hydrogen-bond acceptors (Lipinski definition) is 2. The molecule has 14 heavy (non-hydrogen) atoms. The van der Waals surface area contributed by atoms with Crippen molar-refractivity contribution in [3.63, 3.8) is 0 Å². The van der Waals surface area contributed by atoms with Crippen molar-refractivity contribution in [1.29, 1.82) is 0 Å². The number of rotatable bonds is 4. The molecule has 0 fully saturated rings. The van der Waals surface area contributed by atoms with E-state index < -0.39 is 5.97 Å². The van der Waals surface area contributed by atoms with Crippen LogP contribution in [0.15, 0.2) is 6.07 Å². The van der Waals surface area contributed by atoms with Crippen molar-refractivity contribution in [2.45, 2.75) is 19.8 Å². The lowest BCUT2D eigenvalue weighted by Gasteiger charge is -2.04. The topological polar surface area (TPSA) is 68.2 Å². The smallest absolute Gasteiger partial charge is 0.352 e. The first-order valence-corrected chi connectivity index (χ1v) is 4.66. The van der Waals surface area contributed by atoms with Gasteiger partial charge >= 0.3 is 5.97 Å². The summed E-state index contributed by atoms with van der Waals surface area (Å²) < 4.78 is 1.73. The lowest BCUT2D eigenvalue weighted by atomic mass is 10.2. The Bertz CT molecular complexity index is 342. The average Bonchev–Trinajstić information content (AvgIpc) is 2.38. The number of carbonyl (C=O) groups is 1. The van der Waals surface area contributed by atoms with E-state index >= 15 is 0 Å². The third kappa shape index (κ3) is 1.96. The van der Waals surface area contributed by atoms with Crippen LogP contribution in [0, 0.1) is 6.92 Å². The first-order chi connectivity index (χ1) is 6.57. The third-order valence-corrected chi connectivity index (χ3v) is 2.36. The summed E-state index contributed by atoms with van der Waals surface area (Å²) in [6.07, 6.45) is 1.72. The molecule has 0 unspecified atom stereocenters. The zero-order valence-electron chi connectivity index (χ0n) is 8.58. The first kappa shape index (κ1) is 10.8. The van der Waals surface area contributed by atoms with Gasteiger partial charge < -0.3 is 15.4 Å². The van der Waals surface area contributed by atoms with Crippen molar-refractivity contribution in [2.24, 2.45) is 12.8 Å². The summed E-state index contributed by atoms with van der Waals surface area (Å²) in [5.74, 6) is -0.871. The Hall–Kier alpha value is -1.29. The van der Waals surface area contributed by atoms with Crippen LogP contribution in [0.1, 0.15) is 28.2 Å². The Morgan fingerprint density at radius 2 is 2.29 bits per heavy atom.